The van der Waals surface area contributed by atoms with E-state index >= 15 is 0 Å². The molecule has 83 heavy (non-hydrogen) atoms. The number of likely N-dealkylation sites (tertiary alicyclic amines) is 1. The van der Waals surface area contributed by atoms with Crippen molar-refractivity contribution in [2.45, 2.75) is 100 Å². The molecule has 0 spiro atoms. The summed E-state index contributed by atoms with van der Waals surface area (Å²) in [5.41, 5.74) is 0.477. The van der Waals surface area contributed by atoms with Gasteiger partial charge in [-0.25, -0.2) is 4.79 Å². The van der Waals surface area contributed by atoms with Crippen LogP contribution in [0.3, 0.4) is 0 Å². The summed E-state index contributed by atoms with van der Waals surface area (Å²) in [6.45, 7) is 2.94. The summed E-state index contributed by atoms with van der Waals surface area (Å²) in [6.07, 6.45) is -8.17. The van der Waals surface area contributed by atoms with E-state index in [0.29, 0.717) is 10.9 Å². The van der Waals surface area contributed by atoms with Gasteiger partial charge in [0.15, 0.2) is 12.6 Å². The van der Waals surface area contributed by atoms with Gasteiger partial charge in [0.25, 0.3) is 0 Å². The number of imide groups is 1. The van der Waals surface area contributed by atoms with E-state index < -0.39 is 96.2 Å². The number of rotatable bonds is 30. The molecule has 5 saturated heterocycles. The third kappa shape index (κ3) is 17.6. The maximum atomic E-state index is 13.6. The number of Topliss-reactive ketones (excluding diaryl/α,β-unsaturated/α-hetero) is 1. The Hall–Kier alpha value is -5.94. The molecule has 5 fully saturated rings. The zero-order valence-electron chi connectivity index (χ0n) is 46.2. The van der Waals surface area contributed by atoms with Gasteiger partial charge in [-0.2, -0.15) is 0 Å². The molecule has 3 unspecified atom stereocenters. The maximum absolute atomic E-state index is 13.6. The lowest BCUT2D eigenvalue weighted by molar-refractivity contribution is -0.296. The van der Waals surface area contributed by atoms with Crippen molar-refractivity contribution in [3.8, 4) is 5.75 Å². The van der Waals surface area contributed by atoms with Crippen molar-refractivity contribution >= 4 is 75.8 Å². The molecule has 460 valence electrons. The Kier molecular flexibility index (Phi) is 24.3. The van der Waals surface area contributed by atoms with Gasteiger partial charge in [-0.05, 0) is 25.1 Å². The van der Waals surface area contributed by atoms with Crippen LogP contribution in [0.2, 0.25) is 0 Å². The van der Waals surface area contributed by atoms with Gasteiger partial charge in [0.05, 0.1) is 76.0 Å². The number of fused-ring (bicyclic) bond motifs is 3. The number of carbonyl (C=O) groups is 9. The molecule has 0 radical (unpaired) electrons. The molecular formula is C52H72N6O24S. The smallest absolute Gasteiger partial charge is 0.340 e. The summed E-state index contributed by atoms with van der Waals surface area (Å²) in [4.78, 5) is 116. The van der Waals surface area contributed by atoms with Gasteiger partial charge in [0.2, 0.25) is 35.4 Å². The van der Waals surface area contributed by atoms with E-state index in [0.717, 1.165) is 16.7 Å². The summed E-state index contributed by atoms with van der Waals surface area (Å²) >= 11 is 1.11. The standard InChI is InChI=1S/C52H72N6O24S/c1-29(59)28-83-38-21-41(64)58(49(38)70)8-9-76-32-4-5-35-33(20-32)34(50(71)78-19-17-73-13-15-75-27-40(63)54-23-37-46(67)48(69)44-52(82-37)80-11-7-57(44)31(3)61)24-55(35)25-42(65)77-18-16-72-12-14-74-26-39(62)53-22-36-45(66)47(68)43-51(81-36)79-10-6-56(43)30(2)60/h4-5,20,24,36-38,43-48,51-52,66-69H,6-19,21-23,25-28H2,1-3H3,(H,53,62)(H,54,63)/t36?,37?,38?,43-,44-,45-,46-,47+,48+,51+,52+/m0/s1. The van der Waals surface area contributed by atoms with E-state index in [-0.39, 0.29) is 172 Å². The third-order valence-corrected chi connectivity index (χ3v) is 15.2. The van der Waals surface area contributed by atoms with Crippen LogP contribution in [0.15, 0.2) is 24.4 Å². The number of aliphatic hydroxyl groups excluding tert-OH is 4. The molecule has 6 heterocycles. The number of morpholine rings is 2. The second-order valence-corrected chi connectivity index (χ2v) is 21.0. The minimum atomic E-state index is -1.41. The highest BCUT2D eigenvalue weighted by atomic mass is 32.2. The summed E-state index contributed by atoms with van der Waals surface area (Å²) < 4.78 is 62.6. The molecule has 0 bridgehead atoms. The Balaban J connectivity index is 0.817. The molecule has 1 aromatic heterocycles. The third-order valence-electron chi connectivity index (χ3n) is 13.9. The second-order valence-electron chi connectivity index (χ2n) is 19.8. The molecule has 5 aliphatic heterocycles. The van der Waals surface area contributed by atoms with E-state index in [1.165, 1.54) is 41.3 Å². The van der Waals surface area contributed by atoms with E-state index in [1.54, 1.807) is 18.2 Å². The van der Waals surface area contributed by atoms with Crippen LogP contribution in [0, 0.1) is 0 Å². The highest BCUT2D eigenvalue weighted by molar-refractivity contribution is 8.01. The number of hydrogen-bond donors (Lipinski definition) is 6. The highest BCUT2D eigenvalue weighted by Gasteiger charge is 2.51. The Morgan fingerprint density at radius 3 is 1.75 bits per heavy atom. The fourth-order valence-corrected chi connectivity index (χ4v) is 10.8. The summed E-state index contributed by atoms with van der Waals surface area (Å²) in [5.74, 6) is -3.69. The topological polar surface area (TPSA) is 375 Å². The Labute approximate surface area is 480 Å². The summed E-state index contributed by atoms with van der Waals surface area (Å²) in [7, 11) is 0. The van der Waals surface area contributed by atoms with Crippen LogP contribution in [0.5, 0.6) is 5.75 Å². The molecule has 5 aliphatic rings. The molecule has 7 rings (SSSR count). The number of carbonyl (C=O) groups excluding carboxylic acids is 9. The Bertz CT molecular complexity index is 2610. The number of benzene rings is 1. The van der Waals surface area contributed by atoms with Crippen molar-refractivity contribution in [1.29, 1.82) is 0 Å². The van der Waals surface area contributed by atoms with Crippen LogP contribution in [0.25, 0.3) is 10.9 Å². The maximum Gasteiger partial charge on any atom is 0.340 e. The number of ether oxygens (including phenoxy) is 11. The fraction of sp³-hybridized carbons (Fsp3) is 0.673. The molecular weight excluding hydrogens is 1120 g/mol. The van der Waals surface area contributed by atoms with E-state index in [9.17, 15) is 63.6 Å². The first-order chi connectivity index (χ1) is 39.8. The van der Waals surface area contributed by atoms with Gasteiger partial charge in [-0.3, -0.25) is 43.3 Å². The van der Waals surface area contributed by atoms with E-state index in [2.05, 4.69) is 10.6 Å². The molecule has 0 aliphatic carbocycles. The predicted octanol–water partition coefficient (Wildman–Crippen LogP) is -4.14. The SMILES string of the molecule is CC(=O)CSC1CC(=O)N(CCOc2ccc3c(c2)c(C(=O)OCCOCCOCC(=O)NCC2O[C@H]4OCCN(C(C)=O)[C@H]4[C@@H](O)[C@H]2O)cn3CC(=O)OCCOCCOCC(=O)NCC2O[C@H]3OCCN(C(C)=O)[C@H]3[C@@H](O)[C@H]2O)C1=O. The van der Waals surface area contributed by atoms with Crippen LogP contribution in [0.4, 0.5) is 0 Å². The largest absolute Gasteiger partial charge is 0.492 e. The highest BCUT2D eigenvalue weighted by Crippen LogP contribution is 2.32. The van der Waals surface area contributed by atoms with Crippen LogP contribution in [0.1, 0.15) is 37.6 Å². The first-order valence-corrected chi connectivity index (χ1v) is 28.1. The lowest BCUT2D eigenvalue weighted by Crippen LogP contribution is -2.68. The van der Waals surface area contributed by atoms with Gasteiger partial charge in [-0.1, -0.05) is 0 Å². The minimum absolute atomic E-state index is 0.000812. The number of thioether (sulfide) groups is 1. The van der Waals surface area contributed by atoms with Crippen LogP contribution in [-0.4, -0.2) is 284 Å². The van der Waals surface area contributed by atoms with Crippen molar-refractivity contribution < 1.29 is 116 Å². The molecule has 6 amide bonds. The van der Waals surface area contributed by atoms with Crippen molar-refractivity contribution in [2.24, 2.45) is 0 Å². The molecule has 0 saturated carbocycles. The number of esters is 2. The van der Waals surface area contributed by atoms with Gasteiger partial charge in [-0.15, -0.1) is 11.8 Å². The predicted molar refractivity (Wildman–Crippen MR) is 282 cm³/mol. The van der Waals surface area contributed by atoms with E-state index in [1.807, 2.05) is 0 Å². The molecule has 1 aromatic carbocycles. The molecule has 11 atom stereocenters. The lowest BCUT2D eigenvalue weighted by Gasteiger charge is -2.49. The molecule has 2 aromatic rings. The molecule has 6 N–H and O–H groups in total. The number of aliphatic hydroxyl groups is 4. The van der Waals surface area contributed by atoms with E-state index in [4.69, 9.17) is 52.1 Å². The van der Waals surface area contributed by atoms with Gasteiger partial charge < -0.3 is 97.5 Å². The lowest BCUT2D eigenvalue weighted by atomic mass is 9.94. The summed E-state index contributed by atoms with van der Waals surface area (Å²) in [6, 6.07) is 2.94. The van der Waals surface area contributed by atoms with Crippen molar-refractivity contribution in [3.63, 3.8) is 0 Å². The first kappa shape index (κ1) is 64.6. The minimum Gasteiger partial charge on any atom is -0.492 e. The van der Waals surface area contributed by atoms with Gasteiger partial charge in [0, 0.05) is 63.5 Å². The van der Waals surface area contributed by atoms with Crippen molar-refractivity contribution in [2.75, 3.05) is 124 Å². The molecule has 31 heteroatoms. The Morgan fingerprint density at radius 2 is 1.20 bits per heavy atom. The number of nitrogens with zero attached hydrogens (tertiary/aromatic N) is 4. The zero-order valence-corrected chi connectivity index (χ0v) is 47.0. The number of nitrogens with one attached hydrogen (secondary N) is 2. The zero-order chi connectivity index (χ0) is 59.7. The first-order valence-electron chi connectivity index (χ1n) is 27.0. The number of aromatic nitrogens is 1. The molecule has 30 nitrogen and oxygen atoms in total. The normalized spacial score (nSPS) is 26.1. The second kappa shape index (κ2) is 31.3. The fourth-order valence-electron chi connectivity index (χ4n) is 9.80. The quantitative estimate of drug-likeness (QED) is 0.0246. The monoisotopic (exact) mass is 1200 g/mol. The van der Waals surface area contributed by atoms with Gasteiger partial charge >= 0.3 is 11.9 Å². The number of hydrogen-bond acceptors (Lipinski definition) is 25. The van der Waals surface area contributed by atoms with Gasteiger partial charge in [0.1, 0.15) is 99.8 Å². The van der Waals surface area contributed by atoms with Crippen LogP contribution < -0.4 is 15.4 Å². The number of ketones is 1. The van der Waals surface area contributed by atoms with Crippen LogP contribution >= 0.6 is 11.8 Å². The number of amides is 6. The summed E-state index contributed by atoms with van der Waals surface area (Å²) in [5, 5.41) is 47.5. The average molecular weight is 1200 g/mol. The van der Waals surface area contributed by atoms with Crippen LogP contribution in [-0.2, 0) is 92.3 Å². The average Bonchev–Trinajstić information content (AvgIpc) is 4.13. The Morgan fingerprint density at radius 1 is 0.675 bits per heavy atom. The van der Waals surface area contributed by atoms with Crippen molar-refractivity contribution in [3.05, 3.63) is 30.0 Å². The van der Waals surface area contributed by atoms with Crippen molar-refractivity contribution in [1.82, 2.24) is 29.9 Å².